The molecular weight excluding hydrogens is 693 g/mol. The van der Waals surface area contributed by atoms with Crippen molar-refractivity contribution in [1.82, 2.24) is 24.5 Å². The highest BCUT2D eigenvalue weighted by Gasteiger charge is 2.45. The highest BCUT2D eigenvalue weighted by Crippen LogP contribution is 2.41. The molecule has 2 aromatic heterocycles. The number of halogens is 2. The maximum Gasteiger partial charge on any atom is 0.350 e. The van der Waals surface area contributed by atoms with E-state index in [1.807, 2.05) is 48.5 Å². The molecule has 4 heterocycles. The molecule has 0 amide bonds. The van der Waals surface area contributed by atoms with Crippen molar-refractivity contribution >= 4 is 34.6 Å². The number of anilines is 2. The van der Waals surface area contributed by atoms with Gasteiger partial charge in [-0.05, 0) is 86.1 Å². The van der Waals surface area contributed by atoms with Crippen LogP contribution in [0.1, 0.15) is 31.0 Å². The maximum atomic E-state index is 12.8. The van der Waals surface area contributed by atoms with Crippen LogP contribution in [-0.4, -0.2) is 81.3 Å². The van der Waals surface area contributed by atoms with Gasteiger partial charge in [0.15, 0.2) is 0 Å². The molecule has 0 aliphatic carbocycles. The fraction of sp³-hybridized carbons (Fsp3) is 0.351. The van der Waals surface area contributed by atoms with E-state index in [9.17, 15) is 9.90 Å². The number of benzene rings is 3. The van der Waals surface area contributed by atoms with Gasteiger partial charge in [-0.2, -0.15) is 15.3 Å². The van der Waals surface area contributed by atoms with Crippen LogP contribution in [0.3, 0.4) is 0 Å². The largest absolute Gasteiger partial charge is 0.491 e. The molecule has 2 fully saturated rings. The van der Waals surface area contributed by atoms with Gasteiger partial charge in [0.25, 0.3) is 0 Å². The van der Waals surface area contributed by atoms with Gasteiger partial charge in [-0.15, -0.1) is 0 Å². The molecule has 7 rings (SSSR count). The molecule has 51 heavy (non-hydrogen) atoms. The number of ether oxygens (including phenoxy) is 3. The molecule has 14 heteroatoms. The van der Waals surface area contributed by atoms with E-state index in [0.29, 0.717) is 35.2 Å². The Kier molecular flexibility index (Phi) is 10.3. The fourth-order valence-corrected chi connectivity index (χ4v) is 6.98. The van der Waals surface area contributed by atoms with Crippen molar-refractivity contribution in [3.05, 3.63) is 123 Å². The van der Waals surface area contributed by atoms with Crippen LogP contribution in [0.25, 0.3) is 5.69 Å². The van der Waals surface area contributed by atoms with Gasteiger partial charge < -0.3 is 29.1 Å². The number of aromatic nitrogens is 5. The van der Waals surface area contributed by atoms with Gasteiger partial charge >= 0.3 is 5.69 Å². The van der Waals surface area contributed by atoms with E-state index in [-0.39, 0.29) is 11.8 Å². The van der Waals surface area contributed by atoms with Crippen LogP contribution < -0.4 is 20.2 Å². The standard InChI is InChI=1S/C37H39Cl2N7O5/c1-25(26(2)47)46-36(48)45(24-42-46)31-6-4-29(5-7-31)43-15-17-44(18-16-43)30-8-10-32(11-9-30)49-22-33-23-50-37(51-33,20-27-13-14-40-41-21-27)34-12-3-28(38)19-35(34)39/h3-14,19,21,24-26,33,47H,15-18,20,22-23H2,1-2H3. The highest BCUT2D eigenvalue weighted by atomic mass is 35.5. The average molecular weight is 733 g/mol. The summed E-state index contributed by atoms with van der Waals surface area (Å²) in [5, 5.41) is 22.9. The number of aliphatic hydroxyl groups excluding tert-OH is 1. The predicted octanol–water partition coefficient (Wildman–Crippen LogP) is 5.29. The monoisotopic (exact) mass is 731 g/mol. The van der Waals surface area contributed by atoms with Crippen LogP contribution in [0.2, 0.25) is 10.0 Å². The zero-order valence-corrected chi connectivity index (χ0v) is 29.8. The Morgan fingerprint density at radius 2 is 1.59 bits per heavy atom. The molecule has 266 valence electrons. The molecule has 0 radical (unpaired) electrons. The number of nitrogens with zero attached hydrogens (tertiary/aromatic N) is 7. The summed E-state index contributed by atoms with van der Waals surface area (Å²) in [6.07, 6.45) is 4.20. The summed E-state index contributed by atoms with van der Waals surface area (Å²) in [6, 6.07) is 22.8. The van der Waals surface area contributed by atoms with E-state index in [1.54, 1.807) is 38.4 Å². The molecule has 1 N–H and O–H groups in total. The third kappa shape index (κ3) is 7.61. The van der Waals surface area contributed by atoms with Crippen molar-refractivity contribution in [1.29, 1.82) is 0 Å². The molecular formula is C37H39Cl2N7O5. The molecule has 2 aliphatic heterocycles. The zero-order chi connectivity index (χ0) is 35.5. The lowest BCUT2D eigenvalue weighted by Crippen LogP contribution is -2.46. The van der Waals surface area contributed by atoms with Crippen molar-refractivity contribution in [2.75, 3.05) is 49.2 Å². The van der Waals surface area contributed by atoms with Gasteiger partial charge in [-0.3, -0.25) is 0 Å². The summed E-state index contributed by atoms with van der Waals surface area (Å²) in [5.41, 5.74) is 4.26. The first-order valence-electron chi connectivity index (χ1n) is 16.9. The quantitative estimate of drug-likeness (QED) is 0.192. The first kappa shape index (κ1) is 35.0. The minimum absolute atomic E-state index is 0.279. The lowest BCUT2D eigenvalue weighted by Gasteiger charge is -2.37. The molecule has 2 aliphatic rings. The summed E-state index contributed by atoms with van der Waals surface area (Å²) in [7, 11) is 0. The molecule has 0 spiro atoms. The normalized spacial score (nSPS) is 20.4. The van der Waals surface area contributed by atoms with Crippen LogP contribution >= 0.6 is 23.2 Å². The first-order chi connectivity index (χ1) is 24.7. The van der Waals surface area contributed by atoms with Gasteiger partial charge in [0, 0.05) is 60.8 Å². The number of hydrogen-bond donors (Lipinski definition) is 1. The zero-order valence-electron chi connectivity index (χ0n) is 28.3. The molecule has 2 saturated heterocycles. The third-order valence-corrected chi connectivity index (χ3v) is 10.0. The minimum atomic E-state index is -1.12. The number of aliphatic hydroxyl groups is 1. The van der Waals surface area contributed by atoms with Gasteiger partial charge in [0.1, 0.15) is 24.8 Å². The molecule has 4 unspecified atom stereocenters. The maximum absolute atomic E-state index is 12.8. The van der Waals surface area contributed by atoms with Gasteiger partial charge in [-0.1, -0.05) is 29.3 Å². The summed E-state index contributed by atoms with van der Waals surface area (Å²) >= 11 is 12.8. The van der Waals surface area contributed by atoms with E-state index in [0.717, 1.165) is 54.6 Å². The SMILES string of the molecule is CC(O)C(C)n1ncn(-c2ccc(N3CCN(c4ccc(OCC5COC(Cc6ccnnc6)(c6ccc(Cl)cc6Cl)O5)cc4)CC3)cc2)c1=O. The Morgan fingerprint density at radius 1 is 0.922 bits per heavy atom. The Balaban J connectivity index is 0.928. The Bertz CT molecular complexity index is 1980. The summed E-state index contributed by atoms with van der Waals surface area (Å²) in [5.74, 6) is -0.374. The molecule has 3 aromatic carbocycles. The van der Waals surface area contributed by atoms with Crippen LogP contribution in [0.15, 0.2) is 96.3 Å². The van der Waals surface area contributed by atoms with Crippen molar-refractivity contribution in [2.24, 2.45) is 0 Å². The second-order valence-corrected chi connectivity index (χ2v) is 13.7. The lowest BCUT2D eigenvalue weighted by atomic mass is 9.98. The highest BCUT2D eigenvalue weighted by molar-refractivity contribution is 6.35. The lowest BCUT2D eigenvalue weighted by molar-refractivity contribution is -0.178. The summed E-state index contributed by atoms with van der Waals surface area (Å²) in [6.45, 7) is 7.48. The molecule has 12 nitrogen and oxygen atoms in total. The average Bonchev–Trinajstić information content (AvgIpc) is 3.74. The van der Waals surface area contributed by atoms with E-state index >= 15 is 0 Å². The van der Waals surface area contributed by atoms with Gasteiger partial charge in [0.05, 0.1) is 35.7 Å². The van der Waals surface area contributed by atoms with Gasteiger partial charge in [-0.25, -0.2) is 14.0 Å². The van der Waals surface area contributed by atoms with Crippen LogP contribution in [0.4, 0.5) is 11.4 Å². The Morgan fingerprint density at radius 3 is 2.22 bits per heavy atom. The van der Waals surface area contributed by atoms with Crippen LogP contribution in [0, 0.1) is 0 Å². The van der Waals surface area contributed by atoms with Crippen molar-refractivity contribution in [3.63, 3.8) is 0 Å². The third-order valence-electron chi connectivity index (χ3n) is 9.47. The van der Waals surface area contributed by atoms with E-state index < -0.39 is 17.9 Å². The van der Waals surface area contributed by atoms with Crippen molar-refractivity contribution in [3.8, 4) is 11.4 Å². The summed E-state index contributed by atoms with van der Waals surface area (Å²) in [4.78, 5) is 17.5. The molecule has 0 saturated carbocycles. The minimum Gasteiger partial charge on any atom is -0.491 e. The van der Waals surface area contributed by atoms with E-state index in [1.165, 1.54) is 15.6 Å². The van der Waals surface area contributed by atoms with Crippen LogP contribution in [0.5, 0.6) is 5.75 Å². The fourth-order valence-electron chi connectivity index (χ4n) is 6.43. The second-order valence-electron chi connectivity index (χ2n) is 12.9. The topological polar surface area (TPSA) is 120 Å². The van der Waals surface area contributed by atoms with Crippen molar-refractivity contribution < 1.29 is 19.3 Å². The smallest absolute Gasteiger partial charge is 0.350 e. The number of hydrogen-bond acceptors (Lipinski definition) is 10. The Labute approximate surface area is 305 Å². The van der Waals surface area contributed by atoms with Gasteiger partial charge in [0.2, 0.25) is 5.79 Å². The van der Waals surface area contributed by atoms with Crippen LogP contribution in [-0.2, 0) is 21.7 Å². The number of rotatable bonds is 11. The molecule has 5 aromatic rings. The number of piperazine rings is 1. The predicted molar refractivity (Wildman–Crippen MR) is 195 cm³/mol. The van der Waals surface area contributed by atoms with E-state index in [4.69, 9.17) is 37.4 Å². The first-order valence-corrected chi connectivity index (χ1v) is 17.6. The molecule has 0 bridgehead atoms. The van der Waals surface area contributed by atoms with Crippen molar-refractivity contribution in [2.45, 2.75) is 44.3 Å². The second kappa shape index (κ2) is 15.0. The van der Waals surface area contributed by atoms with E-state index in [2.05, 4.69) is 37.2 Å². The summed E-state index contributed by atoms with van der Waals surface area (Å²) < 4.78 is 21.8. The molecule has 4 atom stereocenters. The Hall–Kier alpha value is -4.46.